The number of carbonyl (C=O) groups excluding carboxylic acids is 1. The Labute approximate surface area is 121 Å². The number of amides is 1. The molecule has 0 spiro atoms. The molecule has 1 unspecified atom stereocenters. The highest BCUT2D eigenvalue weighted by molar-refractivity contribution is 5.72. The molecule has 1 saturated heterocycles. The van der Waals surface area contributed by atoms with Gasteiger partial charge in [-0.25, -0.2) is 4.79 Å². The molecule has 2 atom stereocenters. The number of carbonyl (C=O) groups is 1. The zero-order valence-electron chi connectivity index (χ0n) is 12.5. The first-order valence-corrected chi connectivity index (χ1v) is 7.08. The van der Waals surface area contributed by atoms with Gasteiger partial charge in [0.05, 0.1) is 12.1 Å². The van der Waals surface area contributed by atoms with E-state index in [1.165, 1.54) is 5.56 Å². The maximum atomic E-state index is 12.2. The van der Waals surface area contributed by atoms with Crippen LogP contribution in [0.4, 0.5) is 4.79 Å². The van der Waals surface area contributed by atoms with Crippen molar-refractivity contribution in [3.63, 3.8) is 0 Å². The lowest BCUT2D eigenvalue weighted by Gasteiger charge is -2.20. The summed E-state index contributed by atoms with van der Waals surface area (Å²) in [6, 6.07) is 10.7. The normalized spacial score (nSPS) is 21.4. The molecule has 1 fully saturated rings. The Morgan fingerprint density at radius 3 is 2.50 bits per heavy atom. The number of hydrogen-bond acceptors (Lipinski definition) is 2. The van der Waals surface area contributed by atoms with E-state index in [0.717, 1.165) is 12.8 Å². The van der Waals surface area contributed by atoms with Crippen LogP contribution in [-0.2, 0) is 11.2 Å². The van der Waals surface area contributed by atoms with Gasteiger partial charge in [-0.05, 0) is 39.2 Å². The van der Waals surface area contributed by atoms with Crippen molar-refractivity contribution in [3.05, 3.63) is 48.6 Å². The summed E-state index contributed by atoms with van der Waals surface area (Å²) in [4.78, 5) is 14.0. The third kappa shape index (κ3) is 3.62. The lowest BCUT2D eigenvalue weighted by molar-refractivity contribution is 0.0393. The van der Waals surface area contributed by atoms with Crippen LogP contribution in [0.2, 0.25) is 0 Å². The Kier molecular flexibility index (Phi) is 4.17. The van der Waals surface area contributed by atoms with Gasteiger partial charge in [0.25, 0.3) is 0 Å². The first-order chi connectivity index (χ1) is 9.42. The summed E-state index contributed by atoms with van der Waals surface area (Å²) in [5.74, 6) is 0. The van der Waals surface area contributed by atoms with Crippen molar-refractivity contribution in [1.29, 1.82) is 0 Å². The summed E-state index contributed by atoms with van der Waals surface area (Å²) >= 11 is 0. The molecule has 1 aliphatic heterocycles. The van der Waals surface area contributed by atoms with Crippen LogP contribution in [0.1, 0.15) is 32.8 Å². The predicted octanol–water partition coefficient (Wildman–Crippen LogP) is 3.79. The van der Waals surface area contributed by atoms with Gasteiger partial charge in [0, 0.05) is 0 Å². The maximum Gasteiger partial charge on any atom is 0.410 e. The summed E-state index contributed by atoms with van der Waals surface area (Å²) in [5.41, 5.74) is 0.799. The highest BCUT2D eigenvalue weighted by atomic mass is 16.6. The highest BCUT2D eigenvalue weighted by Crippen LogP contribution is 2.35. The molecular formula is C17H23NO2. The van der Waals surface area contributed by atoms with Crippen LogP contribution in [0.3, 0.4) is 0 Å². The van der Waals surface area contributed by atoms with Crippen molar-refractivity contribution in [3.8, 4) is 0 Å². The van der Waals surface area contributed by atoms with Crippen molar-refractivity contribution in [2.75, 3.05) is 0 Å². The Bertz CT molecular complexity index is 476. The molecule has 1 aliphatic rings. The predicted molar refractivity (Wildman–Crippen MR) is 80.6 cm³/mol. The van der Waals surface area contributed by atoms with Crippen LogP contribution in [0.15, 0.2) is 43.0 Å². The third-order valence-corrected chi connectivity index (χ3v) is 3.37. The van der Waals surface area contributed by atoms with Gasteiger partial charge in [0.2, 0.25) is 0 Å². The number of benzene rings is 1. The smallest absolute Gasteiger partial charge is 0.410 e. The number of hydrogen-bond donors (Lipinski definition) is 0. The van der Waals surface area contributed by atoms with Gasteiger partial charge < -0.3 is 4.74 Å². The third-order valence-electron chi connectivity index (χ3n) is 3.37. The molecule has 3 nitrogen and oxygen atoms in total. The van der Waals surface area contributed by atoms with Gasteiger partial charge in [0.1, 0.15) is 5.60 Å². The quantitative estimate of drug-likeness (QED) is 0.617. The topological polar surface area (TPSA) is 29.3 Å². The molecule has 1 amide bonds. The lowest BCUT2D eigenvalue weighted by atomic mass is 10.1. The van der Waals surface area contributed by atoms with E-state index < -0.39 is 5.60 Å². The maximum absolute atomic E-state index is 12.2. The van der Waals surface area contributed by atoms with Crippen molar-refractivity contribution in [2.24, 2.45) is 0 Å². The van der Waals surface area contributed by atoms with E-state index >= 15 is 0 Å². The Morgan fingerprint density at radius 1 is 1.30 bits per heavy atom. The van der Waals surface area contributed by atoms with Gasteiger partial charge in [-0.2, -0.15) is 0 Å². The molecule has 0 radical (unpaired) electrons. The molecule has 0 saturated carbocycles. The van der Waals surface area contributed by atoms with Crippen LogP contribution in [-0.4, -0.2) is 28.7 Å². The van der Waals surface area contributed by atoms with E-state index in [9.17, 15) is 4.79 Å². The molecule has 2 rings (SSSR count). The van der Waals surface area contributed by atoms with E-state index in [1.807, 2.05) is 49.9 Å². The largest absolute Gasteiger partial charge is 0.444 e. The first kappa shape index (κ1) is 14.6. The van der Waals surface area contributed by atoms with Gasteiger partial charge >= 0.3 is 6.09 Å². The summed E-state index contributed by atoms with van der Waals surface area (Å²) in [6.07, 6.45) is 3.34. The zero-order chi connectivity index (χ0) is 14.8. The summed E-state index contributed by atoms with van der Waals surface area (Å²) in [6.45, 7) is 9.45. The lowest BCUT2D eigenvalue weighted by Crippen LogP contribution is -2.28. The molecule has 3 heteroatoms. The minimum absolute atomic E-state index is 0.217. The molecule has 0 bridgehead atoms. The van der Waals surface area contributed by atoms with Crippen molar-refractivity contribution >= 4 is 6.09 Å². The zero-order valence-corrected chi connectivity index (χ0v) is 12.5. The van der Waals surface area contributed by atoms with E-state index in [0.29, 0.717) is 0 Å². The van der Waals surface area contributed by atoms with Crippen LogP contribution in [0.25, 0.3) is 0 Å². The Morgan fingerprint density at radius 2 is 1.95 bits per heavy atom. The molecule has 1 aromatic carbocycles. The number of rotatable bonds is 4. The second-order valence-corrected chi connectivity index (χ2v) is 6.24. The average molecular weight is 273 g/mol. The Balaban J connectivity index is 2.01. The standard InChI is InChI=1S/C17H23NO2/c1-5-9-14-15(12-13-10-7-6-8-11-13)18(14)16(19)20-17(2,3)4/h5-8,10-11,14-15H,1,9,12H2,2-4H3/t14?,15-,18?/m0/s1. The van der Waals surface area contributed by atoms with Gasteiger partial charge in [0.15, 0.2) is 0 Å². The fourth-order valence-electron chi connectivity index (χ4n) is 2.45. The molecule has 0 N–H and O–H groups in total. The van der Waals surface area contributed by atoms with Crippen LogP contribution < -0.4 is 0 Å². The van der Waals surface area contributed by atoms with Crippen molar-refractivity contribution in [1.82, 2.24) is 4.90 Å². The number of ether oxygens (including phenoxy) is 1. The van der Waals surface area contributed by atoms with Crippen LogP contribution in [0.5, 0.6) is 0 Å². The van der Waals surface area contributed by atoms with Gasteiger partial charge in [-0.15, -0.1) is 6.58 Å². The molecule has 20 heavy (non-hydrogen) atoms. The van der Waals surface area contributed by atoms with Crippen molar-refractivity contribution < 1.29 is 9.53 Å². The second kappa shape index (κ2) is 5.70. The van der Waals surface area contributed by atoms with Gasteiger partial charge in [-0.3, -0.25) is 4.90 Å². The highest BCUT2D eigenvalue weighted by Gasteiger charge is 2.51. The molecule has 1 aromatic rings. The van der Waals surface area contributed by atoms with Crippen molar-refractivity contribution in [2.45, 2.75) is 51.3 Å². The minimum Gasteiger partial charge on any atom is -0.444 e. The first-order valence-electron chi connectivity index (χ1n) is 7.08. The molecule has 1 heterocycles. The fraction of sp³-hybridized carbons (Fsp3) is 0.471. The van der Waals surface area contributed by atoms with E-state index in [2.05, 4.69) is 18.7 Å². The summed E-state index contributed by atoms with van der Waals surface area (Å²) in [7, 11) is 0. The van der Waals surface area contributed by atoms with E-state index in [4.69, 9.17) is 4.74 Å². The van der Waals surface area contributed by atoms with Crippen LogP contribution in [0, 0.1) is 0 Å². The summed E-state index contributed by atoms with van der Waals surface area (Å²) in [5, 5.41) is 0. The second-order valence-electron chi connectivity index (χ2n) is 6.24. The molecular weight excluding hydrogens is 250 g/mol. The average Bonchev–Trinajstić information content (AvgIpc) is 3.02. The molecule has 108 valence electrons. The monoisotopic (exact) mass is 273 g/mol. The van der Waals surface area contributed by atoms with E-state index in [-0.39, 0.29) is 18.2 Å². The molecule has 0 aromatic heterocycles. The SMILES string of the molecule is C=CCC1[C@H](Cc2ccccc2)N1C(=O)OC(C)(C)C. The summed E-state index contributed by atoms with van der Waals surface area (Å²) < 4.78 is 5.46. The Hall–Kier alpha value is -1.77. The van der Waals surface area contributed by atoms with Gasteiger partial charge in [-0.1, -0.05) is 36.4 Å². The van der Waals surface area contributed by atoms with E-state index in [1.54, 1.807) is 0 Å². The molecule has 0 aliphatic carbocycles. The van der Waals surface area contributed by atoms with Crippen LogP contribution >= 0.6 is 0 Å². The minimum atomic E-state index is -0.449. The fourth-order valence-corrected chi connectivity index (χ4v) is 2.45. The number of nitrogens with zero attached hydrogens (tertiary/aromatic N) is 1.